The van der Waals surface area contributed by atoms with Crippen molar-refractivity contribution in [2.45, 2.75) is 51.0 Å². The van der Waals surface area contributed by atoms with Crippen molar-refractivity contribution in [2.75, 3.05) is 34.4 Å². The third-order valence-electron chi connectivity index (χ3n) is 9.65. The largest absolute Gasteiger partial charge is 0.493 e. The summed E-state index contributed by atoms with van der Waals surface area (Å²) in [5.41, 5.74) is 6.42. The molecule has 0 aliphatic carbocycles. The number of ether oxygens (including phenoxy) is 5. The molecule has 268 valence electrons. The van der Waals surface area contributed by atoms with E-state index in [4.69, 9.17) is 23.7 Å². The van der Waals surface area contributed by atoms with Gasteiger partial charge in [0, 0.05) is 44.1 Å². The van der Waals surface area contributed by atoms with E-state index in [1.165, 1.54) is 21.3 Å². The summed E-state index contributed by atoms with van der Waals surface area (Å²) in [7, 11) is 4.42. The number of esters is 1. The summed E-state index contributed by atoms with van der Waals surface area (Å²) in [5.74, 6) is 1.12. The van der Waals surface area contributed by atoms with E-state index in [0.29, 0.717) is 77.9 Å². The molecule has 52 heavy (non-hydrogen) atoms. The van der Waals surface area contributed by atoms with Crippen LogP contribution in [0.4, 0.5) is 11.4 Å². The number of hydrogen-bond donors (Lipinski definition) is 0. The van der Waals surface area contributed by atoms with E-state index in [0.717, 1.165) is 27.8 Å². The van der Waals surface area contributed by atoms with E-state index < -0.39 is 0 Å². The lowest BCUT2D eigenvalue weighted by molar-refractivity contribution is -0.140. The number of carbonyl (C=O) groups is 3. The van der Waals surface area contributed by atoms with Crippen LogP contribution in [-0.4, -0.2) is 86.5 Å². The first kappa shape index (κ1) is 34.5. The lowest BCUT2D eigenvalue weighted by atomic mass is 10.0. The molecule has 4 aliphatic heterocycles. The van der Waals surface area contributed by atoms with E-state index in [1.54, 1.807) is 46.5 Å². The van der Waals surface area contributed by atoms with E-state index >= 15 is 0 Å². The van der Waals surface area contributed by atoms with Crippen LogP contribution in [0.25, 0.3) is 0 Å². The van der Waals surface area contributed by atoms with Gasteiger partial charge < -0.3 is 33.5 Å². The van der Waals surface area contributed by atoms with E-state index in [9.17, 15) is 14.4 Å². The van der Waals surface area contributed by atoms with E-state index in [1.807, 2.05) is 18.2 Å². The van der Waals surface area contributed by atoms with Crippen molar-refractivity contribution in [1.82, 2.24) is 9.80 Å². The normalized spacial score (nSPS) is 18.7. The van der Waals surface area contributed by atoms with E-state index in [-0.39, 0.29) is 49.5 Å². The first-order chi connectivity index (χ1) is 25.1. The molecule has 0 radical (unpaired) electrons. The molecule has 0 bridgehead atoms. The first-order valence-electron chi connectivity index (χ1n) is 17.1. The lowest BCUT2D eigenvalue weighted by Gasteiger charge is -2.20. The van der Waals surface area contributed by atoms with Crippen molar-refractivity contribution < 1.29 is 38.1 Å². The molecule has 2 fully saturated rings. The highest BCUT2D eigenvalue weighted by atomic mass is 16.5. The maximum Gasteiger partial charge on any atom is 0.305 e. The second-order valence-corrected chi connectivity index (χ2v) is 13.3. The molecule has 0 N–H and O–H groups in total. The Bertz CT molecular complexity index is 1920. The number of aryl methyl sites for hydroxylation is 1. The Morgan fingerprint density at radius 2 is 1.15 bits per heavy atom. The molecule has 4 aliphatic rings. The van der Waals surface area contributed by atoms with Crippen LogP contribution in [0.2, 0.25) is 0 Å². The molecular weight excluding hydrogens is 664 g/mol. The van der Waals surface area contributed by atoms with Gasteiger partial charge in [-0.25, -0.2) is 0 Å². The van der Waals surface area contributed by atoms with Crippen molar-refractivity contribution in [3.05, 3.63) is 94.6 Å². The molecule has 3 aromatic rings. The molecule has 12 heteroatoms. The van der Waals surface area contributed by atoms with Crippen molar-refractivity contribution >= 4 is 41.6 Å². The number of hydrogen-bond acceptors (Lipinski definition) is 10. The molecule has 0 saturated carbocycles. The average Bonchev–Trinajstić information content (AvgIpc) is 3.66. The van der Waals surface area contributed by atoms with Crippen LogP contribution in [0.5, 0.6) is 23.0 Å². The minimum atomic E-state index is -0.316. The zero-order valence-corrected chi connectivity index (χ0v) is 29.5. The van der Waals surface area contributed by atoms with Gasteiger partial charge in [0.15, 0.2) is 23.0 Å². The molecule has 0 aromatic heterocycles. The number of rotatable bonds is 11. The summed E-state index contributed by atoms with van der Waals surface area (Å²) in [4.78, 5) is 51.7. The van der Waals surface area contributed by atoms with Gasteiger partial charge in [0.25, 0.3) is 11.8 Å². The molecule has 3 aromatic carbocycles. The summed E-state index contributed by atoms with van der Waals surface area (Å²) >= 11 is 0. The zero-order chi connectivity index (χ0) is 36.5. The Labute approximate surface area is 302 Å². The van der Waals surface area contributed by atoms with Crippen molar-refractivity contribution in [1.29, 1.82) is 0 Å². The van der Waals surface area contributed by atoms with Crippen LogP contribution in [0, 0.1) is 0 Å². The Balaban J connectivity index is 1.13. The molecule has 2 atom stereocenters. The minimum Gasteiger partial charge on any atom is -0.493 e. The highest BCUT2D eigenvalue weighted by Crippen LogP contribution is 2.40. The van der Waals surface area contributed by atoms with Gasteiger partial charge in [0.05, 0.1) is 55.9 Å². The average molecular weight is 705 g/mol. The van der Waals surface area contributed by atoms with E-state index in [2.05, 4.69) is 23.1 Å². The first-order valence-corrected chi connectivity index (χ1v) is 17.1. The molecular formula is C40H40N4O8. The van der Waals surface area contributed by atoms with Crippen molar-refractivity contribution in [3.63, 3.8) is 0 Å². The number of benzene rings is 3. The molecule has 7 rings (SSSR count). The Morgan fingerprint density at radius 3 is 1.60 bits per heavy atom. The number of methoxy groups -OCH3 is 3. The van der Waals surface area contributed by atoms with Gasteiger partial charge in [0.2, 0.25) is 0 Å². The Morgan fingerprint density at radius 1 is 0.692 bits per heavy atom. The molecule has 12 nitrogen and oxygen atoms in total. The van der Waals surface area contributed by atoms with Gasteiger partial charge in [-0.05, 0) is 54.2 Å². The molecule has 1 unspecified atom stereocenters. The summed E-state index contributed by atoms with van der Waals surface area (Å²) in [6.07, 6.45) is 5.60. The number of aliphatic imine (C=N–C) groups is 2. The van der Waals surface area contributed by atoms with Crippen LogP contribution in [-0.2, 0) is 29.2 Å². The quantitative estimate of drug-likeness (QED) is 0.177. The number of fused-ring (bicyclic) bond motifs is 4. The number of amides is 2. The fraction of sp³-hybridized carbons (Fsp3) is 0.325. The zero-order valence-electron chi connectivity index (χ0n) is 29.5. The van der Waals surface area contributed by atoms with Gasteiger partial charge in [-0.2, -0.15) is 0 Å². The maximum absolute atomic E-state index is 13.4. The monoisotopic (exact) mass is 704 g/mol. The fourth-order valence-electron chi connectivity index (χ4n) is 7.03. The fourth-order valence-corrected chi connectivity index (χ4v) is 7.03. The third-order valence-corrected chi connectivity index (χ3v) is 9.65. The van der Waals surface area contributed by atoms with Crippen LogP contribution in [0.15, 0.2) is 76.8 Å². The topological polar surface area (TPSA) is 129 Å². The van der Waals surface area contributed by atoms with Gasteiger partial charge >= 0.3 is 5.97 Å². The summed E-state index contributed by atoms with van der Waals surface area (Å²) < 4.78 is 28.8. The maximum atomic E-state index is 13.4. The highest BCUT2D eigenvalue weighted by molar-refractivity contribution is 6.04. The van der Waals surface area contributed by atoms with Gasteiger partial charge in [0.1, 0.15) is 13.2 Å². The van der Waals surface area contributed by atoms with Crippen LogP contribution < -0.4 is 18.9 Å². The summed E-state index contributed by atoms with van der Waals surface area (Å²) in [5, 5.41) is 0. The molecule has 2 saturated heterocycles. The molecule has 0 spiro atoms. The molecule has 4 heterocycles. The standard InChI is InChI=1S/C40H40N4O8/c1-23-8-28-17-41-32-15-36(34(48-3)13-30(32)39(46)43(28)19-23)51-21-26-10-25(6-7-38(45)50-5)11-27(12-26)22-52-37-16-33-31(14-35(37)49-4)40(47)44-20-24(2)9-29(44)18-42-33/h10-18,28-29H,1-2,6-9,19-22H2,3-5H3/t28-,29?/m0/s1. The van der Waals surface area contributed by atoms with Crippen molar-refractivity contribution in [3.8, 4) is 23.0 Å². The van der Waals surface area contributed by atoms with Crippen LogP contribution in [0.3, 0.4) is 0 Å². The number of carbonyl (C=O) groups excluding carboxylic acids is 3. The predicted octanol–water partition coefficient (Wildman–Crippen LogP) is 5.94. The van der Waals surface area contributed by atoms with Gasteiger partial charge in [-0.3, -0.25) is 24.4 Å². The van der Waals surface area contributed by atoms with Crippen LogP contribution in [0.1, 0.15) is 56.7 Å². The smallest absolute Gasteiger partial charge is 0.305 e. The lowest BCUT2D eigenvalue weighted by Crippen LogP contribution is -2.35. The second kappa shape index (κ2) is 14.4. The third kappa shape index (κ3) is 6.88. The molecule has 2 amide bonds. The van der Waals surface area contributed by atoms with Crippen LogP contribution >= 0.6 is 0 Å². The second-order valence-electron chi connectivity index (χ2n) is 13.3. The SMILES string of the molecule is C=C1CC2C=Nc3cc(OCc4cc(CCC(=O)OC)cc(COc5cc6c(cc5OC)C(=O)N5CC(=C)C[C@H]5C=N6)c4)c(OC)cc3C(=O)N2C1. The predicted molar refractivity (Wildman–Crippen MR) is 195 cm³/mol. The Kier molecular flexibility index (Phi) is 9.55. The minimum absolute atomic E-state index is 0.125. The summed E-state index contributed by atoms with van der Waals surface area (Å²) in [6, 6.07) is 12.4. The van der Waals surface area contributed by atoms with Crippen molar-refractivity contribution in [2.24, 2.45) is 9.98 Å². The van der Waals surface area contributed by atoms with Gasteiger partial charge in [-0.15, -0.1) is 0 Å². The highest BCUT2D eigenvalue weighted by Gasteiger charge is 2.35. The summed E-state index contributed by atoms with van der Waals surface area (Å²) in [6.45, 7) is 9.40. The van der Waals surface area contributed by atoms with Gasteiger partial charge in [-0.1, -0.05) is 36.4 Å². The number of nitrogens with zero attached hydrogens (tertiary/aromatic N) is 4. The Hall–Kier alpha value is -5.91.